The highest BCUT2D eigenvalue weighted by Gasteiger charge is 2.13. The van der Waals surface area contributed by atoms with Crippen molar-refractivity contribution < 1.29 is 0 Å². The van der Waals surface area contributed by atoms with Crippen LogP contribution in [-0.2, 0) is 0 Å². The molecule has 2 aromatic carbocycles. The number of aromatic nitrogens is 3. The van der Waals surface area contributed by atoms with Gasteiger partial charge in [0, 0.05) is 0 Å². The summed E-state index contributed by atoms with van der Waals surface area (Å²) in [6.45, 7) is 2.07. The third kappa shape index (κ3) is 3.29. The van der Waals surface area contributed by atoms with Gasteiger partial charge in [0.15, 0.2) is 16.8 Å². The van der Waals surface area contributed by atoms with Gasteiger partial charge in [-0.15, -0.1) is 0 Å². The van der Waals surface area contributed by atoms with E-state index < -0.39 is 0 Å². The van der Waals surface area contributed by atoms with Crippen LogP contribution in [-0.4, -0.2) is 15.0 Å². The molecule has 4 aromatic rings. The van der Waals surface area contributed by atoms with Gasteiger partial charge >= 0.3 is 0 Å². The van der Waals surface area contributed by atoms with Crippen LogP contribution in [0, 0.1) is 0 Å². The second kappa shape index (κ2) is 6.97. The van der Waals surface area contributed by atoms with Crippen LogP contribution in [0.2, 0.25) is 0 Å². The van der Waals surface area contributed by atoms with Crippen LogP contribution in [0.15, 0.2) is 60.9 Å². The van der Waals surface area contributed by atoms with E-state index in [0.717, 1.165) is 20.9 Å². The van der Waals surface area contributed by atoms with E-state index in [1.165, 1.54) is 6.33 Å². The summed E-state index contributed by atoms with van der Waals surface area (Å²) in [5, 5.41) is 7.30. The summed E-state index contributed by atoms with van der Waals surface area (Å²) in [5.41, 5.74) is 8.85. The third-order valence-corrected chi connectivity index (χ3v) is 5.01. The molecule has 6 nitrogen and oxygen atoms in total. The quantitative estimate of drug-likeness (QED) is 0.481. The van der Waals surface area contributed by atoms with Crippen LogP contribution in [0.25, 0.3) is 10.2 Å². The Bertz CT molecular complexity index is 998. The molecule has 0 bridgehead atoms. The molecule has 0 spiro atoms. The highest BCUT2D eigenvalue weighted by molar-refractivity contribution is 7.22. The lowest BCUT2D eigenvalue weighted by atomic mass is 10.1. The molecule has 4 rings (SSSR count). The summed E-state index contributed by atoms with van der Waals surface area (Å²) in [6.07, 6.45) is 1.49. The Morgan fingerprint density at radius 3 is 2.50 bits per heavy atom. The Kier molecular flexibility index (Phi) is 4.37. The molecular weight excluding hydrogens is 344 g/mol. The average Bonchev–Trinajstić information content (AvgIpc) is 3.08. The largest absolute Gasteiger partial charge is 0.393 e. The topological polar surface area (TPSA) is 88.8 Å². The van der Waals surface area contributed by atoms with Gasteiger partial charge in [0.25, 0.3) is 0 Å². The molecule has 0 saturated carbocycles. The number of hydrogen-bond donors (Lipinski definition) is 3. The van der Waals surface area contributed by atoms with Gasteiger partial charge in [0.2, 0.25) is 0 Å². The second-order valence-electron chi connectivity index (χ2n) is 5.87. The van der Waals surface area contributed by atoms with E-state index in [4.69, 9.17) is 5.73 Å². The number of nitrogens with zero attached hydrogens (tertiary/aromatic N) is 3. The first-order valence-corrected chi connectivity index (χ1v) is 9.07. The average molecular weight is 362 g/mol. The summed E-state index contributed by atoms with van der Waals surface area (Å²) in [6, 6.07) is 18.2. The zero-order valence-electron chi connectivity index (χ0n) is 14.2. The molecular formula is C19H18N6S. The van der Waals surface area contributed by atoms with Crippen molar-refractivity contribution in [2.24, 2.45) is 0 Å². The van der Waals surface area contributed by atoms with E-state index in [1.54, 1.807) is 11.3 Å². The van der Waals surface area contributed by atoms with Gasteiger partial charge in [0.1, 0.15) is 12.0 Å². The maximum absolute atomic E-state index is 6.28. The number of benzene rings is 2. The lowest BCUT2D eigenvalue weighted by Gasteiger charge is -2.17. The number of para-hydroxylation sites is 1. The van der Waals surface area contributed by atoms with Gasteiger partial charge in [-0.1, -0.05) is 53.8 Å². The van der Waals surface area contributed by atoms with Crippen LogP contribution in [0.5, 0.6) is 0 Å². The first-order valence-electron chi connectivity index (χ1n) is 8.25. The van der Waals surface area contributed by atoms with Crippen molar-refractivity contribution >= 4 is 44.0 Å². The Balaban J connectivity index is 1.57. The first-order chi connectivity index (χ1) is 12.7. The number of fused-ring (bicyclic) bond motifs is 1. The number of nitrogens with one attached hydrogen (secondary N) is 2. The van der Waals surface area contributed by atoms with Gasteiger partial charge in [-0.05, 0) is 24.6 Å². The zero-order chi connectivity index (χ0) is 17.9. The Morgan fingerprint density at radius 1 is 0.962 bits per heavy atom. The molecule has 130 valence electrons. The molecule has 4 N–H and O–H groups in total. The van der Waals surface area contributed by atoms with Crippen molar-refractivity contribution in [2.45, 2.75) is 13.0 Å². The zero-order valence-corrected chi connectivity index (χ0v) is 15.0. The van der Waals surface area contributed by atoms with Crippen LogP contribution in [0.1, 0.15) is 18.5 Å². The minimum absolute atomic E-state index is 0.0729. The molecule has 2 aromatic heterocycles. The highest BCUT2D eigenvalue weighted by Crippen LogP contribution is 2.32. The number of rotatable bonds is 5. The number of anilines is 4. The van der Waals surface area contributed by atoms with Gasteiger partial charge in [-0.3, -0.25) is 0 Å². The van der Waals surface area contributed by atoms with E-state index in [-0.39, 0.29) is 6.04 Å². The minimum atomic E-state index is 0.0729. The van der Waals surface area contributed by atoms with Crippen molar-refractivity contribution in [3.05, 3.63) is 66.5 Å². The molecule has 0 aliphatic rings. The summed E-state index contributed by atoms with van der Waals surface area (Å²) in [4.78, 5) is 13.1. The molecule has 7 heteroatoms. The van der Waals surface area contributed by atoms with Crippen molar-refractivity contribution in [1.82, 2.24) is 15.0 Å². The smallest absolute Gasteiger partial charge is 0.189 e. The highest BCUT2D eigenvalue weighted by atomic mass is 32.1. The van der Waals surface area contributed by atoms with Gasteiger partial charge in [0.05, 0.1) is 16.3 Å². The Hall–Kier alpha value is -3.19. The van der Waals surface area contributed by atoms with Crippen molar-refractivity contribution in [3.63, 3.8) is 0 Å². The number of nitrogen functional groups attached to an aromatic ring is 1. The van der Waals surface area contributed by atoms with E-state index in [9.17, 15) is 0 Å². The predicted molar refractivity (Wildman–Crippen MR) is 108 cm³/mol. The fourth-order valence-corrected chi connectivity index (χ4v) is 3.53. The van der Waals surface area contributed by atoms with Crippen LogP contribution >= 0.6 is 11.3 Å². The van der Waals surface area contributed by atoms with Crippen molar-refractivity contribution in [1.29, 1.82) is 0 Å². The minimum Gasteiger partial charge on any atom is -0.393 e. The van der Waals surface area contributed by atoms with E-state index >= 15 is 0 Å². The SMILES string of the molecule is CC(Nc1ncnc(Nc2nc3ccccc3s2)c1N)c1ccccc1. The summed E-state index contributed by atoms with van der Waals surface area (Å²) < 4.78 is 1.11. The Morgan fingerprint density at radius 2 is 1.69 bits per heavy atom. The molecule has 2 heterocycles. The van der Waals surface area contributed by atoms with Crippen LogP contribution < -0.4 is 16.4 Å². The van der Waals surface area contributed by atoms with Crippen LogP contribution in [0.4, 0.5) is 22.5 Å². The molecule has 26 heavy (non-hydrogen) atoms. The third-order valence-electron chi connectivity index (χ3n) is 4.06. The summed E-state index contributed by atoms with van der Waals surface area (Å²) >= 11 is 1.56. The fourth-order valence-electron chi connectivity index (χ4n) is 2.67. The number of hydrogen-bond acceptors (Lipinski definition) is 7. The number of nitrogens with two attached hydrogens (primary N) is 1. The molecule has 0 fully saturated rings. The Labute approximate surface area is 155 Å². The summed E-state index contributed by atoms with van der Waals surface area (Å²) in [5.74, 6) is 1.14. The molecule has 0 amide bonds. The summed E-state index contributed by atoms with van der Waals surface area (Å²) in [7, 11) is 0. The molecule has 1 unspecified atom stereocenters. The molecule has 0 aliphatic heterocycles. The lowest BCUT2D eigenvalue weighted by molar-refractivity contribution is 0.873. The maximum atomic E-state index is 6.28. The first kappa shape index (κ1) is 16.3. The monoisotopic (exact) mass is 362 g/mol. The van der Waals surface area contributed by atoms with Gasteiger partial charge < -0.3 is 16.4 Å². The number of thiazole rings is 1. The van der Waals surface area contributed by atoms with Gasteiger partial charge in [-0.2, -0.15) is 0 Å². The standard InChI is InChI=1S/C19H18N6S/c1-12(13-7-3-2-4-8-13)23-17-16(20)18(22-11-21-17)25-19-24-14-9-5-6-10-15(14)26-19/h2-12H,20H2,1H3,(H2,21,22,23,24,25). The van der Waals surface area contributed by atoms with Crippen molar-refractivity contribution in [3.8, 4) is 0 Å². The predicted octanol–water partition coefficient (Wildman–Crippen LogP) is 4.59. The lowest BCUT2D eigenvalue weighted by Crippen LogP contribution is -2.11. The maximum Gasteiger partial charge on any atom is 0.189 e. The van der Waals surface area contributed by atoms with E-state index in [2.05, 4.69) is 44.6 Å². The molecule has 0 saturated heterocycles. The second-order valence-corrected chi connectivity index (χ2v) is 6.90. The van der Waals surface area contributed by atoms with E-state index in [0.29, 0.717) is 17.3 Å². The molecule has 0 aliphatic carbocycles. The molecule has 1 atom stereocenters. The normalized spacial score (nSPS) is 12.0. The van der Waals surface area contributed by atoms with Gasteiger partial charge in [-0.25, -0.2) is 15.0 Å². The fraction of sp³-hybridized carbons (Fsp3) is 0.105. The van der Waals surface area contributed by atoms with E-state index in [1.807, 2.05) is 42.5 Å². The van der Waals surface area contributed by atoms with Crippen LogP contribution in [0.3, 0.4) is 0 Å². The van der Waals surface area contributed by atoms with Crippen molar-refractivity contribution in [2.75, 3.05) is 16.4 Å². The molecule has 0 radical (unpaired) electrons.